The minimum Gasteiger partial charge on any atom is -0.497 e. The van der Waals surface area contributed by atoms with E-state index >= 15 is 0 Å². The number of halogens is 3. The number of alkyl halides is 3. The van der Waals surface area contributed by atoms with Gasteiger partial charge in [-0.05, 0) is 48.7 Å². The number of rotatable bonds is 6. The Bertz CT molecular complexity index is 694. The smallest absolute Gasteiger partial charge is 0.416 e. The quantitative estimate of drug-likeness (QED) is 0.831. The Morgan fingerprint density at radius 2 is 1.68 bits per heavy atom. The van der Waals surface area contributed by atoms with Gasteiger partial charge in [-0.2, -0.15) is 13.2 Å². The lowest BCUT2D eigenvalue weighted by Crippen LogP contribution is -2.26. The molecule has 0 aliphatic carbocycles. The maximum absolute atomic E-state index is 12.6. The molecular weight excluding hydrogens is 331 g/mol. The molecule has 25 heavy (non-hydrogen) atoms. The summed E-state index contributed by atoms with van der Waals surface area (Å²) in [6.45, 7) is 1.74. The number of ether oxygens (including phenoxy) is 1. The minimum absolute atomic E-state index is 0.150. The van der Waals surface area contributed by atoms with Crippen LogP contribution in [0.15, 0.2) is 48.5 Å². The third-order valence-corrected chi connectivity index (χ3v) is 3.92. The monoisotopic (exact) mass is 351 g/mol. The Hall–Kier alpha value is -2.50. The second-order valence-corrected chi connectivity index (χ2v) is 5.76. The summed E-state index contributed by atoms with van der Waals surface area (Å²) in [6.07, 6.45) is -3.48. The van der Waals surface area contributed by atoms with Crippen molar-refractivity contribution in [2.75, 3.05) is 7.11 Å². The van der Waals surface area contributed by atoms with Crippen LogP contribution in [0.1, 0.15) is 36.1 Å². The molecule has 0 unspecified atom stereocenters. The standard InChI is InChI=1S/C19H20F3NO2/c1-13(15-6-8-16(9-7-15)19(20,21)22)23-18(24)12-5-14-3-10-17(25-2)11-4-14/h3-4,6-11,13H,5,12H2,1-2H3,(H,23,24)/t13-/m0/s1. The largest absolute Gasteiger partial charge is 0.497 e. The lowest BCUT2D eigenvalue weighted by atomic mass is 10.0. The average Bonchev–Trinajstić information content (AvgIpc) is 2.59. The summed E-state index contributed by atoms with van der Waals surface area (Å²) in [7, 11) is 1.59. The van der Waals surface area contributed by atoms with Gasteiger partial charge in [-0.15, -0.1) is 0 Å². The fourth-order valence-electron chi connectivity index (χ4n) is 2.41. The molecular formula is C19H20F3NO2. The van der Waals surface area contributed by atoms with Gasteiger partial charge in [0, 0.05) is 6.42 Å². The van der Waals surface area contributed by atoms with Crippen molar-refractivity contribution in [2.45, 2.75) is 32.0 Å². The molecule has 1 N–H and O–H groups in total. The number of hydrogen-bond acceptors (Lipinski definition) is 2. The van der Waals surface area contributed by atoms with Crippen LogP contribution in [0.5, 0.6) is 5.75 Å². The van der Waals surface area contributed by atoms with Gasteiger partial charge in [0.25, 0.3) is 0 Å². The van der Waals surface area contributed by atoms with Crippen molar-refractivity contribution in [1.82, 2.24) is 5.32 Å². The van der Waals surface area contributed by atoms with Crippen LogP contribution in [-0.2, 0) is 17.4 Å². The first-order valence-electron chi connectivity index (χ1n) is 7.89. The molecule has 0 heterocycles. The Morgan fingerprint density at radius 1 is 1.08 bits per heavy atom. The van der Waals surface area contributed by atoms with Crippen molar-refractivity contribution < 1.29 is 22.7 Å². The van der Waals surface area contributed by atoms with E-state index in [1.807, 2.05) is 24.3 Å². The number of benzene rings is 2. The van der Waals surface area contributed by atoms with Crippen molar-refractivity contribution in [3.05, 3.63) is 65.2 Å². The Labute approximate surface area is 144 Å². The van der Waals surface area contributed by atoms with E-state index in [4.69, 9.17) is 4.74 Å². The van der Waals surface area contributed by atoms with E-state index in [1.165, 1.54) is 12.1 Å². The van der Waals surface area contributed by atoms with Gasteiger partial charge in [0.1, 0.15) is 5.75 Å². The number of carbonyl (C=O) groups excluding carboxylic acids is 1. The molecule has 134 valence electrons. The second-order valence-electron chi connectivity index (χ2n) is 5.76. The summed E-state index contributed by atoms with van der Waals surface area (Å²) in [6, 6.07) is 11.9. The van der Waals surface area contributed by atoms with Crippen molar-refractivity contribution in [2.24, 2.45) is 0 Å². The molecule has 0 fully saturated rings. The minimum atomic E-state index is -4.36. The Balaban J connectivity index is 1.86. The van der Waals surface area contributed by atoms with Crippen molar-refractivity contribution in [1.29, 1.82) is 0 Å². The van der Waals surface area contributed by atoms with Crippen molar-refractivity contribution in [3.8, 4) is 5.75 Å². The fourth-order valence-corrected chi connectivity index (χ4v) is 2.41. The van der Waals surface area contributed by atoms with Crippen LogP contribution in [0.3, 0.4) is 0 Å². The molecule has 2 aromatic carbocycles. The predicted molar refractivity (Wildman–Crippen MR) is 89.3 cm³/mol. The molecule has 0 aromatic heterocycles. The van der Waals surface area contributed by atoms with Gasteiger partial charge in [-0.25, -0.2) is 0 Å². The molecule has 1 atom stereocenters. The zero-order valence-electron chi connectivity index (χ0n) is 14.1. The molecule has 3 nitrogen and oxygen atoms in total. The average molecular weight is 351 g/mol. The number of carbonyl (C=O) groups is 1. The molecule has 0 radical (unpaired) electrons. The number of nitrogens with one attached hydrogen (secondary N) is 1. The summed E-state index contributed by atoms with van der Waals surface area (Å²) in [4.78, 5) is 12.0. The fraction of sp³-hybridized carbons (Fsp3) is 0.316. The number of aryl methyl sites for hydroxylation is 1. The van der Waals surface area contributed by atoms with Crippen LogP contribution in [-0.4, -0.2) is 13.0 Å². The molecule has 0 bridgehead atoms. The first-order valence-corrected chi connectivity index (χ1v) is 7.89. The van der Waals surface area contributed by atoms with Gasteiger partial charge in [0.15, 0.2) is 0 Å². The first-order chi connectivity index (χ1) is 11.8. The zero-order valence-corrected chi connectivity index (χ0v) is 14.1. The number of methoxy groups -OCH3 is 1. The molecule has 0 saturated carbocycles. The normalized spacial score (nSPS) is 12.5. The highest BCUT2D eigenvalue weighted by atomic mass is 19.4. The number of amides is 1. The van der Waals surface area contributed by atoms with Crippen LogP contribution >= 0.6 is 0 Å². The third kappa shape index (κ3) is 5.52. The van der Waals surface area contributed by atoms with Gasteiger partial charge < -0.3 is 10.1 Å². The second kappa shape index (κ2) is 8.05. The third-order valence-electron chi connectivity index (χ3n) is 3.92. The van der Waals surface area contributed by atoms with Gasteiger partial charge >= 0.3 is 6.18 Å². The van der Waals surface area contributed by atoms with Gasteiger partial charge in [-0.3, -0.25) is 4.79 Å². The maximum Gasteiger partial charge on any atom is 0.416 e. The summed E-state index contributed by atoms with van der Waals surface area (Å²) in [5, 5.41) is 2.80. The van der Waals surface area contributed by atoms with E-state index < -0.39 is 11.7 Å². The van der Waals surface area contributed by atoms with Crippen LogP contribution in [0.4, 0.5) is 13.2 Å². The highest BCUT2D eigenvalue weighted by molar-refractivity contribution is 5.76. The molecule has 0 saturated heterocycles. The van der Waals surface area contributed by atoms with E-state index in [2.05, 4.69) is 5.32 Å². The summed E-state index contributed by atoms with van der Waals surface area (Å²) >= 11 is 0. The zero-order chi connectivity index (χ0) is 18.4. The SMILES string of the molecule is COc1ccc(CCC(=O)N[C@@H](C)c2ccc(C(F)(F)F)cc2)cc1. The molecule has 6 heteroatoms. The summed E-state index contributed by atoms with van der Waals surface area (Å²) in [5.74, 6) is 0.604. The molecule has 0 aliphatic heterocycles. The number of hydrogen-bond donors (Lipinski definition) is 1. The van der Waals surface area contributed by atoms with Gasteiger partial charge in [0.05, 0.1) is 18.7 Å². The van der Waals surface area contributed by atoms with Gasteiger partial charge in [0.2, 0.25) is 5.91 Å². The van der Waals surface area contributed by atoms with Crippen LogP contribution in [0.2, 0.25) is 0 Å². The highest BCUT2D eigenvalue weighted by Gasteiger charge is 2.30. The topological polar surface area (TPSA) is 38.3 Å². The molecule has 0 aliphatic rings. The summed E-state index contributed by atoms with van der Waals surface area (Å²) < 4.78 is 42.8. The van der Waals surface area contributed by atoms with E-state index in [0.29, 0.717) is 18.4 Å². The van der Waals surface area contributed by atoms with E-state index in [1.54, 1.807) is 14.0 Å². The van der Waals surface area contributed by atoms with E-state index in [9.17, 15) is 18.0 Å². The lowest BCUT2D eigenvalue weighted by molar-refractivity contribution is -0.137. The predicted octanol–water partition coefficient (Wildman–Crippen LogP) is 4.52. The van der Waals surface area contributed by atoms with E-state index in [0.717, 1.165) is 23.4 Å². The Kier molecular flexibility index (Phi) is 6.07. The van der Waals surface area contributed by atoms with Crippen LogP contribution < -0.4 is 10.1 Å². The van der Waals surface area contributed by atoms with E-state index in [-0.39, 0.29) is 11.9 Å². The lowest BCUT2D eigenvalue weighted by Gasteiger charge is -2.15. The van der Waals surface area contributed by atoms with Crippen LogP contribution in [0, 0.1) is 0 Å². The van der Waals surface area contributed by atoms with Crippen LogP contribution in [0.25, 0.3) is 0 Å². The highest BCUT2D eigenvalue weighted by Crippen LogP contribution is 2.29. The molecule has 0 spiro atoms. The molecule has 2 aromatic rings. The van der Waals surface area contributed by atoms with Gasteiger partial charge in [-0.1, -0.05) is 24.3 Å². The Morgan fingerprint density at radius 3 is 2.20 bits per heavy atom. The molecule has 2 rings (SSSR count). The van der Waals surface area contributed by atoms with Crippen molar-refractivity contribution in [3.63, 3.8) is 0 Å². The molecule has 1 amide bonds. The summed E-state index contributed by atoms with van der Waals surface area (Å²) in [5.41, 5.74) is 0.943. The maximum atomic E-state index is 12.6. The van der Waals surface area contributed by atoms with Crippen molar-refractivity contribution >= 4 is 5.91 Å². The first kappa shape index (κ1) is 18.8.